The third kappa shape index (κ3) is 13.2. The molecule has 17 nitrogen and oxygen atoms in total. The van der Waals surface area contributed by atoms with Gasteiger partial charge in [-0.15, -0.1) is 5.10 Å². The number of nitrogens with zero attached hydrogens (tertiary/aromatic N) is 6. The Morgan fingerprint density at radius 3 is 2.33 bits per heavy atom. The molecule has 1 aliphatic heterocycles. The fourth-order valence-corrected chi connectivity index (χ4v) is 11.9. The maximum absolute atomic E-state index is 12.9. The van der Waals surface area contributed by atoms with E-state index in [9.17, 15) is 46.1 Å². The number of carbonyl (C=O) groups excluding carboxylic acids is 1. The summed E-state index contributed by atoms with van der Waals surface area (Å²) < 4.78 is 69.7. The Balaban J connectivity index is 0.000000218. The minimum absolute atomic E-state index is 0.0536. The summed E-state index contributed by atoms with van der Waals surface area (Å²) in [4.78, 5) is 16.3. The molecule has 69 heavy (non-hydrogen) atoms. The summed E-state index contributed by atoms with van der Waals surface area (Å²) in [7, 11) is -7.31. The summed E-state index contributed by atoms with van der Waals surface area (Å²) in [5.41, 5.74) is 3.98. The number of β-amino-alcohol motifs (C(OH)–C–C–N with tert-alkyl or cyclic N) is 1. The number of aromatic nitrogens is 5. The SMILES string of the molecule is CCC(=C/c1sc2ccc(Cl)cc2[n+]1CC(O)CS(=O)(=O)[O-])/C=C1\Sc2ccc(Cl)cc2N1CC(O)CS(=O)(=O)O.Cc1ccccc1NC(=O)c1cc(Sc2nnnn2C)c2ccccc2c1O. The molecule has 0 spiro atoms. The molecule has 3 heterocycles. The largest absolute Gasteiger partial charge is 0.748 e. The maximum Gasteiger partial charge on any atom is 0.267 e. The predicted octanol–water partition coefficient (Wildman–Crippen LogP) is 7.68. The van der Waals surface area contributed by atoms with Crippen LogP contribution in [0.25, 0.3) is 27.1 Å². The van der Waals surface area contributed by atoms with Gasteiger partial charge in [-0.2, -0.15) is 13.0 Å². The van der Waals surface area contributed by atoms with E-state index in [2.05, 4.69) is 20.8 Å². The summed E-state index contributed by atoms with van der Waals surface area (Å²) in [6.07, 6.45) is 1.46. The number of hydrogen-bond acceptors (Lipinski definition) is 16. The van der Waals surface area contributed by atoms with Gasteiger partial charge in [0.15, 0.2) is 6.54 Å². The van der Waals surface area contributed by atoms with Gasteiger partial charge in [-0.1, -0.05) is 95.7 Å². The number of rotatable bonds is 15. The fraction of sp³-hybridized carbons (Fsp3) is 0.222. The monoisotopic (exact) mass is 1070 g/mol. The van der Waals surface area contributed by atoms with Crippen molar-refractivity contribution in [1.29, 1.82) is 0 Å². The molecule has 5 aromatic carbocycles. The van der Waals surface area contributed by atoms with Crippen molar-refractivity contribution in [3.8, 4) is 5.75 Å². The average molecular weight is 1070 g/mol. The highest BCUT2D eigenvalue weighted by Gasteiger charge is 2.30. The molecule has 0 aliphatic carbocycles. The maximum atomic E-state index is 12.9. The van der Waals surface area contributed by atoms with Crippen LogP contribution in [0.5, 0.6) is 5.75 Å². The van der Waals surface area contributed by atoms with Gasteiger partial charge < -0.3 is 30.1 Å². The second kappa shape index (κ2) is 21.9. The van der Waals surface area contributed by atoms with E-state index in [0.29, 0.717) is 53.9 Å². The molecule has 5 N–H and O–H groups in total. The Kier molecular flexibility index (Phi) is 16.4. The number of thiazole rings is 1. The van der Waals surface area contributed by atoms with E-state index in [0.717, 1.165) is 31.0 Å². The lowest BCUT2D eigenvalue weighted by molar-refractivity contribution is -0.675. The van der Waals surface area contributed by atoms with Crippen molar-refractivity contribution in [2.24, 2.45) is 7.05 Å². The van der Waals surface area contributed by atoms with Crippen molar-refractivity contribution < 1.29 is 50.6 Å². The number of hydrogen-bond donors (Lipinski definition) is 5. The van der Waals surface area contributed by atoms with E-state index < -0.39 is 43.9 Å². The van der Waals surface area contributed by atoms with Crippen molar-refractivity contribution in [2.45, 2.75) is 54.0 Å². The van der Waals surface area contributed by atoms with Crippen LogP contribution in [0.2, 0.25) is 10.0 Å². The van der Waals surface area contributed by atoms with E-state index in [1.807, 2.05) is 80.6 Å². The number of para-hydroxylation sites is 1. The zero-order valence-electron chi connectivity index (χ0n) is 36.7. The Morgan fingerprint density at radius 2 is 1.65 bits per heavy atom. The molecule has 2 unspecified atom stereocenters. The van der Waals surface area contributed by atoms with Gasteiger partial charge in [0.2, 0.25) is 10.7 Å². The number of aryl methyl sites for hydroxylation is 2. The van der Waals surface area contributed by atoms with Gasteiger partial charge in [-0.3, -0.25) is 9.35 Å². The minimum atomic E-state index is -4.65. The summed E-state index contributed by atoms with van der Waals surface area (Å²) in [5.74, 6) is -2.21. The standard InChI is InChI=1S/C25H26Cl2N2O8S4.C20H17N5O2S/c1-2-15(7-24-28(11-18(30)13-40(32,33)34)20-9-16(26)3-5-22(20)38-24)8-25-29(12-19(31)14-41(35,36)37)21-10-17(27)4-6-23(21)39-25;1-12-7-3-6-10-16(12)21-19(27)15-11-17(28-20-22-23-24-25(20)2)13-8-4-5-9-14(13)18(15)26/h3-10,18-19,30-31H,2,11-14H2,1H3,(H-,32,33,34,35,36,37);3-11,26H,1-2H3,(H,21,27). The molecule has 2 atom stereocenters. The lowest BCUT2D eigenvalue weighted by Gasteiger charge is -2.23. The Labute approximate surface area is 419 Å². The number of benzene rings is 5. The molecule has 8 rings (SSSR count). The number of thioether (sulfide) groups is 1. The molecule has 0 bridgehead atoms. The van der Waals surface area contributed by atoms with Crippen LogP contribution in [0.3, 0.4) is 0 Å². The number of tetrazole rings is 1. The van der Waals surface area contributed by atoms with Crippen molar-refractivity contribution in [2.75, 3.05) is 28.3 Å². The molecule has 2 aromatic heterocycles. The van der Waals surface area contributed by atoms with Gasteiger partial charge in [0.1, 0.15) is 22.3 Å². The predicted molar refractivity (Wildman–Crippen MR) is 269 cm³/mol. The summed E-state index contributed by atoms with van der Waals surface area (Å²) in [6.45, 7) is 3.56. The van der Waals surface area contributed by atoms with E-state index in [1.165, 1.54) is 34.9 Å². The normalized spacial score (nSPS) is 14.5. The zero-order valence-corrected chi connectivity index (χ0v) is 42.3. The van der Waals surface area contributed by atoms with Crippen LogP contribution < -0.4 is 14.8 Å². The molecule has 0 fully saturated rings. The molecule has 1 amide bonds. The number of phenols is 1. The van der Waals surface area contributed by atoms with Crippen molar-refractivity contribution in [1.82, 2.24) is 20.2 Å². The fourth-order valence-electron chi connectivity index (χ4n) is 7.20. The first-order valence-corrected chi connectivity index (χ1v) is 27.1. The Bertz CT molecular complexity index is 3370. The van der Waals surface area contributed by atoms with Crippen LogP contribution in [-0.4, -0.2) is 97.6 Å². The molecular formula is C45H43Cl2N7O10S5. The quantitative estimate of drug-likeness (QED) is 0.0488. The highest BCUT2D eigenvalue weighted by molar-refractivity contribution is 8.03. The lowest BCUT2D eigenvalue weighted by atomic mass is 10.0. The van der Waals surface area contributed by atoms with Gasteiger partial charge >= 0.3 is 0 Å². The van der Waals surface area contributed by atoms with Gasteiger partial charge in [-0.05, 0) is 101 Å². The van der Waals surface area contributed by atoms with E-state index >= 15 is 0 Å². The third-order valence-electron chi connectivity index (χ3n) is 10.4. The van der Waals surface area contributed by atoms with Crippen LogP contribution in [-0.2, 0) is 33.8 Å². The summed E-state index contributed by atoms with van der Waals surface area (Å²) in [5, 5.41) is 50.2. The number of halogens is 2. The van der Waals surface area contributed by atoms with E-state index in [-0.39, 0.29) is 30.3 Å². The van der Waals surface area contributed by atoms with E-state index in [4.69, 9.17) is 23.2 Å². The zero-order chi connectivity index (χ0) is 49.8. The van der Waals surface area contributed by atoms with Crippen LogP contribution in [0.15, 0.2) is 123 Å². The first-order valence-electron chi connectivity index (χ1n) is 20.7. The molecule has 1 aliphatic rings. The number of aliphatic hydroxyl groups excluding tert-OH is 2. The minimum Gasteiger partial charge on any atom is -0.748 e. The van der Waals surface area contributed by atoms with Gasteiger partial charge in [0.25, 0.3) is 21.0 Å². The summed E-state index contributed by atoms with van der Waals surface area (Å²) in [6, 6.07) is 27.0. The van der Waals surface area contributed by atoms with Crippen LogP contribution in [0, 0.1) is 6.92 Å². The molecule has 0 saturated carbocycles. The number of aliphatic hydroxyl groups is 2. The number of amides is 1. The first kappa shape index (κ1) is 51.7. The molecule has 0 radical (unpaired) electrons. The van der Waals surface area contributed by atoms with Gasteiger partial charge in [-0.25, -0.2) is 13.1 Å². The van der Waals surface area contributed by atoms with Crippen LogP contribution >= 0.6 is 58.1 Å². The second-order valence-electron chi connectivity index (χ2n) is 15.6. The van der Waals surface area contributed by atoms with E-state index in [1.54, 1.807) is 57.6 Å². The van der Waals surface area contributed by atoms with Crippen molar-refractivity contribution in [3.63, 3.8) is 0 Å². The third-order valence-corrected chi connectivity index (χ3v) is 15.8. The van der Waals surface area contributed by atoms with Crippen LogP contribution in [0.1, 0.15) is 34.3 Å². The number of fused-ring (bicyclic) bond motifs is 3. The van der Waals surface area contributed by atoms with Crippen molar-refractivity contribution in [3.05, 3.63) is 134 Å². The summed E-state index contributed by atoms with van der Waals surface area (Å²) >= 11 is 16.5. The lowest BCUT2D eigenvalue weighted by Crippen LogP contribution is -2.43. The molecule has 24 heteroatoms. The molecular weight excluding hydrogens is 1030 g/mol. The second-order valence-corrected chi connectivity index (χ2v) is 22.5. The number of carbonyl (C=O) groups is 1. The number of aromatic hydroxyl groups is 1. The van der Waals surface area contributed by atoms with Gasteiger partial charge in [0.05, 0.1) is 44.8 Å². The van der Waals surface area contributed by atoms with Crippen molar-refractivity contribution >= 4 is 123 Å². The van der Waals surface area contributed by atoms with Crippen LogP contribution in [0.4, 0.5) is 11.4 Å². The smallest absolute Gasteiger partial charge is 0.267 e. The Morgan fingerprint density at radius 1 is 0.957 bits per heavy atom. The molecule has 362 valence electrons. The number of allylic oxidation sites excluding steroid dienone is 2. The average Bonchev–Trinajstić information content (AvgIpc) is 3.94. The highest BCUT2D eigenvalue weighted by atomic mass is 35.5. The first-order chi connectivity index (χ1) is 32.7. The number of phenolic OH excluding ortho intramolecular Hbond substituents is 1. The highest BCUT2D eigenvalue weighted by Crippen LogP contribution is 2.48. The number of nitrogens with one attached hydrogen (secondary N) is 1. The topological polar surface area (TPSA) is 252 Å². The number of anilines is 2. The van der Waals surface area contributed by atoms with Gasteiger partial charge in [0, 0.05) is 50.1 Å². The molecule has 0 saturated heterocycles. The molecule has 7 aromatic rings. The Hall–Kier alpha value is -5.11.